The molecule has 0 saturated carbocycles. The van der Waals surface area contributed by atoms with Crippen LogP contribution in [0.1, 0.15) is 44.7 Å². The molecule has 58 heavy (non-hydrogen) atoms. The maximum atomic E-state index is 14.7. The van der Waals surface area contributed by atoms with E-state index in [0.29, 0.717) is 0 Å². The monoisotopic (exact) mass is 820 g/mol. The maximum Gasteiger partial charge on any atom is 0.407 e. The van der Waals surface area contributed by atoms with Crippen LogP contribution >= 0.6 is 0 Å². The Morgan fingerprint density at radius 1 is 0.776 bits per heavy atom. The smallest absolute Gasteiger partial charge is 0.407 e. The number of carbonyl (C=O) groups excluding carboxylic acids is 5. The van der Waals surface area contributed by atoms with Crippen LogP contribution in [0.25, 0.3) is 21.6 Å². The van der Waals surface area contributed by atoms with Crippen molar-refractivity contribution in [2.45, 2.75) is 76.5 Å². The molecule has 21 heteroatoms. The largest absolute Gasteiger partial charge is 0.456 e. The molecule has 2 aliphatic rings. The van der Waals surface area contributed by atoms with Gasteiger partial charge in [-0.05, 0) is 34.7 Å². The van der Waals surface area contributed by atoms with Gasteiger partial charge in [0.2, 0.25) is 34.8 Å². The standard InChI is InChI=1S/C37H33F5N4O12/c1-15(53-36-34(56-18(4)49)33(55-17(3)48)31(54-16(2)47)24(57-36)13-44-46-43)30(35(50)58-32-28(41)26(39)25(38)27(40)29(32)42)45-37(51)52-14-23-21-11-7-5-9-19(21)20-10-6-8-12-22(20)23/h5-12,15,23-24,30-31,33-34,36H,13-14H2,1-4H3,(H,45,51)/t15-,24-,30+,31-,33+,34-,36-/m1/s1. The first kappa shape index (κ1) is 42.8. The molecule has 1 heterocycles. The van der Waals surface area contributed by atoms with Crippen molar-refractivity contribution in [1.29, 1.82) is 0 Å². The zero-order valence-electron chi connectivity index (χ0n) is 30.8. The van der Waals surface area contributed by atoms with E-state index in [4.69, 9.17) is 34.0 Å². The molecule has 1 amide bonds. The summed E-state index contributed by atoms with van der Waals surface area (Å²) in [4.78, 5) is 66.2. The predicted octanol–water partition coefficient (Wildman–Crippen LogP) is 5.43. The highest BCUT2D eigenvalue weighted by Crippen LogP contribution is 2.44. The molecule has 0 aromatic heterocycles. The summed E-state index contributed by atoms with van der Waals surface area (Å²) in [5.41, 5.74) is 12.3. The van der Waals surface area contributed by atoms with Gasteiger partial charge in [-0.15, -0.1) is 0 Å². The number of fused-ring (bicyclic) bond motifs is 3. The number of nitrogens with zero attached hydrogens (tertiary/aromatic N) is 3. The highest BCUT2D eigenvalue weighted by atomic mass is 19.2. The lowest BCUT2D eigenvalue weighted by Gasteiger charge is -2.45. The summed E-state index contributed by atoms with van der Waals surface area (Å²) in [5.74, 6) is -19.8. The van der Waals surface area contributed by atoms with Gasteiger partial charge in [0.15, 0.2) is 30.6 Å². The fourth-order valence-corrected chi connectivity index (χ4v) is 6.49. The van der Waals surface area contributed by atoms with E-state index < -0.39 is 120 Å². The molecule has 308 valence electrons. The Labute approximate surface area is 325 Å². The fourth-order valence-electron chi connectivity index (χ4n) is 6.49. The molecule has 3 aromatic carbocycles. The molecule has 1 aliphatic heterocycles. The third-order valence-electron chi connectivity index (χ3n) is 8.88. The minimum atomic E-state index is -2.55. The van der Waals surface area contributed by atoms with Crippen LogP contribution in [0.2, 0.25) is 0 Å². The van der Waals surface area contributed by atoms with Gasteiger partial charge in [0.1, 0.15) is 12.7 Å². The van der Waals surface area contributed by atoms with Crippen molar-refractivity contribution in [3.63, 3.8) is 0 Å². The van der Waals surface area contributed by atoms with E-state index in [9.17, 15) is 45.9 Å². The van der Waals surface area contributed by atoms with Gasteiger partial charge in [-0.1, -0.05) is 53.6 Å². The van der Waals surface area contributed by atoms with E-state index in [1.807, 2.05) is 36.4 Å². The number of esters is 4. The molecule has 3 aromatic rings. The van der Waals surface area contributed by atoms with Crippen LogP contribution < -0.4 is 10.1 Å². The van der Waals surface area contributed by atoms with Crippen LogP contribution in [0.3, 0.4) is 0 Å². The lowest BCUT2D eigenvalue weighted by Crippen LogP contribution is -2.64. The van der Waals surface area contributed by atoms with E-state index >= 15 is 0 Å². The van der Waals surface area contributed by atoms with Crippen molar-refractivity contribution in [2.75, 3.05) is 13.2 Å². The second-order valence-corrected chi connectivity index (χ2v) is 12.8. The van der Waals surface area contributed by atoms with Crippen molar-refractivity contribution in [2.24, 2.45) is 5.11 Å². The molecule has 1 N–H and O–H groups in total. The number of alkyl carbamates (subject to hydrolysis) is 1. The third kappa shape index (κ3) is 9.28. The second kappa shape index (κ2) is 18.3. The highest BCUT2D eigenvalue weighted by molar-refractivity contribution is 5.84. The minimum absolute atomic E-state index is 0.322. The molecule has 1 aliphatic carbocycles. The van der Waals surface area contributed by atoms with Gasteiger partial charge >= 0.3 is 30.0 Å². The van der Waals surface area contributed by atoms with E-state index in [2.05, 4.69) is 20.1 Å². The molecule has 0 radical (unpaired) electrons. The lowest BCUT2D eigenvalue weighted by molar-refractivity contribution is -0.311. The van der Waals surface area contributed by atoms with Crippen molar-refractivity contribution < 1.29 is 79.1 Å². The van der Waals surface area contributed by atoms with Crippen LogP contribution in [0.15, 0.2) is 53.6 Å². The number of carbonyl (C=O) groups is 5. The topological polar surface area (TPSA) is 211 Å². The zero-order valence-corrected chi connectivity index (χ0v) is 30.8. The zero-order chi connectivity index (χ0) is 42.4. The second-order valence-electron chi connectivity index (χ2n) is 12.8. The summed E-state index contributed by atoms with van der Waals surface area (Å²) in [6, 6.07) is 12.3. The van der Waals surface area contributed by atoms with Gasteiger partial charge in [0.25, 0.3) is 0 Å². The van der Waals surface area contributed by atoms with Gasteiger partial charge in [0.05, 0.1) is 12.6 Å². The summed E-state index contributed by atoms with van der Waals surface area (Å²) in [7, 11) is 0. The van der Waals surface area contributed by atoms with Gasteiger partial charge in [-0.25, -0.2) is 22.8 Å². The van der Waals surface area contributed by atoms with E-state index in [0.717, 1.165) is 49.9 Å². The molecule has 7 atom stereocenters. The van der Waals surface area contributed by atoms with Gasteiger partial charge in [-0.3, -0.25) is 14.4 Å². The number of rotatable bonds is 13. The Morgan fingerprint density at radius 2 is 1.28 bits per heavy atom. The van der Waals surface area contributed by atoms with Crippen LogP contribution in [0, 0.1) is 29.1 Å². The highest BCUT2D eigenvalue weighted by Gasteiger charge is 2.53. The molecular weight excluding hydrogens is 787 g/mol. The molecular formula is C37H33F5N4O12. The Bertz CT molecular complexity index is 2080. The van der Waals surface area contributed by atoms with Gasteiger partial charge in [0, 0.05) is 31.6 Å². The van der Waals surface area contributed by atoms with Crippen LogP contribution in [-0.4, -0.2) is 86.0 Å². The number of nitrogens with one attached hydrogen (secondary N) is 1. The Morgan fingerprint density at radius 3 is 1.81 bits per heavy atom. The molecule has 0 spiro atoms. The van der Waals surface area contributed by atoms with E-state index in [-0.39, 0.29) is 6.61 Å². The molecule has 1 saturated heterocycles. The third-order valence-corrected chi connectivity index (χ3v) is 8.88. The summed E-state index contributed by atoms with van der Waals surface area (Å²) < 4.78 is 109. The average molecular weight is 821 g/mol. The van der Waals surface area contributed by atoms with Crippen LogP contribution in [0.5, 0.6) is 5.75 Å². The summed E-state index contributed by atoms with van der Waals surface area (Å²) >= 11 is 0. The van der Waals surface area contributed by atoms with Gasteiger partial charge in [-0.2, -0.15) is 8.78 Å². The summed E-state index contributed by atoms with van der Waals surface area (Å²) in [5, 5.41) is 5.49. The summed E-state index contributed by atoms with van der Waals surface area (Å²) in [6.45, 7) is 2.98. The Hall–Kier alpha value is -6.31. The maximum absolute atomic E-state index is 14.7. The quantitative estimate of drug-likeness (QED) is 0.0263. The fraction of sp³-hybridized carbons (Fsp3) is 0.378. The van der Waals surface area contributed by atoms with E-state index in [1.165, 1.54) is 0 Å². The number of halogens is 5. The summed E-state index contributed by atoms with van der Waals surface area (Å²) in [6.07, 6.45) is -11.8. The molecule has 16 nitrogen and oxygen atoms in total. The van der Waals surface area contributed by atoms with Crippen LogP contribution in [-0.2, 0) is 47.6 Å². The van der Waals surface area contributed by atoms with Crippen molar-refractivity contribution in [1.82, 2.24) is 5.32 Å². The molecule has 0 unspecified atom stereocenters. The molecule has 5 rings (SSSR count). The first-order chi connectivity index (χ1) is 27.5. The van der Waals surface area contributed by atoms with Crippen molar-refractivity contribution in [3.05, 3.63) is 99.2 Å². The van der Waals surface area contributed by atoms with E-state index in [1.54, 1.807) is 12.1 Å². The predicted molar refractivity (Wildman–Crippen MR) is 184 cm³/mol. The number of azide groups is 1. The lowest BCUT2D eigenvalue weighted by atomic mass is 9.97. The first-order valence-corrected chi connectivity index (χ1v) is 17.2. The number of hydrogen-bond acceptors (Lipinski definition) is 13. The number of benzene rings is 3. The Balaban J connectivity index is 1.47. The van der Waals surface area contributed by atoms with Crippen molar-refractivity contribution in [3.8, 4) is 16.9 Å². The normalized spacial score (nSPS) is 20.6. The number of amides is 1. The number of ether oxygens (including phenoxy) is 7. The SMILES string of the molecule is CC(=O)O[C@@H]1[C@@H](OC(C)=O)[C@H](O[C@H](C)[C@H](NC(=O)OCC2c3ccccc3-c3ccccc32)C(=O)Oc2c(F)c(F)c(F)c(F)c2F)O[C@H](CN=[N+]=[N-])[C@H]1OC(C)=O. The average Bonchev–Trinajstić information content (AvgIpc) is 3.50. The minimum Gasteiger partial charge on any atom is -0.456 e. The Kier molecular flexibility index (Phi) is 13.5. The van der Waals surface area contributed by atoms with Crippen molar-refractivity contribution >= 4 is 30.0 Å². The first-order valence-electron chi connectivity index (χ1n) is 17.2. The van der Waals surface area contributed by atoms with Gasteiger partial charge < -0.3 is 38.5 Å². The number of hydrogen-bond donors (Lipinski definition) is 1. The molecule has 0 bridgehead atoms. The molecule has 1 fully saturated rings. The van der Waals surface area contributed by atoms with Crippen LogP contribution in [0.4, 0.5) is 26.7 Å².